The lowest BCUT2D eigenvalue weighted by molar-refractivity contribution is -0.384. The molecule has 4 aromatic rings. The standard InChI is InChI=1S/C19H11NO3/c21-19-16-6-2-4-13-3-1-5-15(18(13)16)17(19)11-12-7-9-14(10-8-12)20(22)23/h1-11H/b17-11-. The number of nitro benzene ring substituents is 1. The van der Waals surface area contributed by atoms with Crippen LogP contribution >= 0.6 is 0 Å². The molecule has 23 heavy (non-hydrogen) atoms. The summed E-state index contributed by atoms with van der Waals surface area (Å²) in [6.07, 6.45) is 1.79. The van der Waals surface area contributed by atoms with E-state index in [-0.39, 0.29) is 11.1 Å². The van der Waals surface area contributed by atoms with E-state index >= 15 is 0 Å². The Morgan fingerprint density at radius 2 is 1.52 bits per heavy atom. The van der Waals surface area contributed by atoms with E-state index in [2.05, 4.69) is 0 Å². The van der Waals surface area contributed by atoms with Gasteiger partial charge in [-0.05, 0) is 34.5 Å². The first-order valence-electron chi connectivity index (χ1n) is 7.18. The van der Waals surface area contributed by atoms with E-state index in [1.54, 1.807) is 18.2 Å². The van der Waals surface area contributed by atoms with Gasteiger partial charge in [-0.2, -0.15) is 0 Å². The fourth-order valence-corrected chi connectivity index (χ4v) is 3.02. The molecule has 4 aromatic carbocycles. The smallest absolute Gasteiger partial charge is 0.269 e. The molecule has 110 valence electrons. The molecule has 0 amide bonds. The summed E-state index contributed by atoms with van der Waals surface area (Å²) in [4.78, 5) is 23.0. The van der Waals surface area contributed by atoms with Crippen molar-refractivity contribution < 1.29 is 4.92 Å². The summed E-state index contributed by atoms with van der Waals surface area (Å²) in [6.45, 7) is 0. The van der Waals surface area contributed by atoms with Crippen molar-refractivity contribution in [2.24, 2.45) is 0 Å². The van der Waals surface area contributed by atoms with E-state index in [1.807, 2.05) is 36.4 Å². The van der Waals surface area contributed by atoms with Gasteiger partial charge in [0.15, 0.2) is 5.43 Å². The highest BCUT2D eigenvalue weighted by molar-refractivity contribution is 6.12. The molecule has 4 heteroatoms. The van der Waals surface area contributed by atoms with Crippen LogP contribution in [-0.2, 0) is 0 Å². The topological polar surface area (TPSA) is 60.2 Å². The van der Waals surface area contributed by atoms with E-state index in [1.165, 1.54) is 12.1 Å². The van der Waals surface area contributed by atoms with Gasteiger partial charge in [-0.1, -0.05) is 36.4 Å². The Bertz CT molecular complexity index is 1140. The lowest BCUT2D eigenvalue weighted by Gasteiger charge is -1.96. The molecule has 0 fully saturated rings. The highest BCUT2D eigenvalue weighted by atomic mass is 16.6. The zero-order valence-electron chi connectivity index (χ0n) is 12.0. The summed E-state index contributed by atoms with van der Waals surface area (Å²) in [5.74, 6) is 0. The molecule has 4 nitrogen and oxygen atoms in total. The maximum Gasteiger partial charge on any atom is 0.269 e. The third kappa shape index (κ3) is 2.04. The van der Waals surface area contributed by atoms with Crippen molar-refractivity contribution in [2.45, 2.75) is 0 Å². The molecule has 0 radical (unpaired) electrons. The van der Waals surface area contributed by atoms with Gasteiger partial charge < -0.3 is 0 Å². The van der Waals surface area contributed by atoms with Crippen molar-refractivity contribution in [1.29, 1.82) is 0 Å². The molecule has 0 aliphatic heterocycles. The molecular weight excluding hydrogens is 290 g/mol. The Morgan fingerprint density at radius 3 is 2.17 bits per heavy atom. The largest absolute Gasteiger partial charge is 0.289 e. The maximum atomic E-state index is 12.7. The number of nitrogens with zero attached hydrogens (tertiary/aromatic N) is 1. The molecule has 0 bridgehead atoms. The van der Waals surface area contributed by atoms with Crippen molar-refractivity contribution in [3.8, 4) is 0 Å². The van der Waals surface area contributed by atoms with Gasteiger partial charge in [0.05, 0.1) is 4.92 Å². The van der Waals surface area contributed by atoms with Crippen molar-refractivity contribution in [2.75, 3.05) is 0 Å². The van der Waals surface area contributed by atoms with Gasteiger partial charge in [-0.15, -0.1) is 0 Å². The first-order valence-corrected chi connectivity index (χ1v) is 7.18. The number of non-ortho nitro benzene ring substituents is 1. The summed E-state index contributed by atoms with van der Waals surface area (Å²) in [7, 11) is 0. The summed E-state index contributed by atoms with van der Waals surface area (Å²) in [5, 5.41) is 15.0. The summed E-state index contributed by atoms with van der Waals surface area (Å²) < 4.78 is 0. The zero-order chi connectivity index (χ0) is 16.0. The average Bonchev–Trinajstić information content (AvgIpc) is 2.84. The second kappa shape index (κ2) is 4.88. The quantitative estimate of drug-likeness (QED) is 0.422. The fraction of sp³-hybridized carbons (Fsp3) is 0. The lowest BCUT2D eigenvalue weighted by Crippen LogP contribution is -2.19. The molecule has 0 atom stereocenters. The molecule has 0 aliphatic rings. The van der Waals surface area contributed by atoms with Gasteiger partial charge in [-0.25, -0.2) is 0 Å². The second-order valence-corrected chi connectivity index (χ2v) is 5.45. The third-order valence-corrected chi connectivity index (χ3v) is 4.10. The molecular formula is C19H11NO3. The van der Waals surface area contributed by atoms with Crippen LogP contribution in [0.15, 0.2) is 65.5 Å². The summed E-state index contributed by atoms with van der Waals surface area (Å²) in [6, 6.07) is 17.8. The van der Waals surface area contributed by atoms with Crippen LogP contribution in [0.4, 0.5) is 5.69 Å². The van der Waals surface area contributed by atoms with E-state index in [0.29, 0.717) is 10.6 Å². The number of benzene rings is 3. The summed E-state index contributed by atoms with van der Waals surface area (Å²) >= 11 is 0. The molecule has 0 saturated carbocycles. The minimum Gasteiger partial charge on any atom is -0.289 e. The molecule has 0 N–H and O–H groups in total. The van der Waals surface area contributed by atoms with Gasteiger partial charge in [0.1, 0.15) is 0 Å². The van der Waals surface area contributed by atoms with Crippen molar-refractivity contribution in [3.63, 3.8) is 0 Å². The number of rotatable bonds is 2. The van der Waals surface area contributed by atoms with Crippen LogP contribution in [0.5, 0.6) is 0 Å². The predicted molar refractivity (Wildman–Crippen MR) is 90.8 cm³/mol. The Kier molecular flexibility index (Phi) is 2.84. The minimum atomic E-state index is -0.436. The molecule has 0 aliphatic carbocycles. The van der Waals surface area contributed by atoms with Crippen LogP contribution in [0.25, 0.3) is 27.6 Å². The first-order chi connectivity index (χ1) is 11.1. The molecule has 0 spiro atoms. The van der Waals surface area contributed by atoms with Crippen molar-refractivity contribution in [3.05, 3.63) is 91.8 Å². The van der Waals surface area contributed by atoms with Crippen LogP contribution in [-0.4, -0.2) is 4.92 Å². The number of hydrogen-bond acceptors (Lipinski definition) is 3. The van der Waals surface area contributed by atoms with E-state index < -0.39 is 4.92 Å². The van der Waals surface area contributed by atoms with Crippen molar-refractivity contribution >= 4 is 33.3 Å². The Balaban J connectivity index is 2.02. The first kappa shape index (κ1) is 13.4. The van der Waals surface area contributed by atoms with Crippen LogP contribution in [0.2, 0.25) is 0 Å². The molecule has 0 heterocycles. The fourth-order valence-electron chi connectivity index (χ4n) is 3.02. The summed E-state index contributed by atoms with van der Waals surface area (Å²) in [5.41, 5.74) is 0.800. The molecule has 0 aromatic heterocycles. The normalized spacial score (nSPS) is 12.3. The second-order valence-electron chi connectivity index (χ2n) is 5.45. The van der Waals surface area contributed by atoms with Gasteiger partial charge in [0, 0.05) is 28.1 Å². The van der Waals surface area contributed by atoms with E-state index in [0.717, 1.165) is 21.7 Å². The van der Waals surface area contributed by atoms with Gasteiger partial charge >= 0.3 is 0 Å². The monoisotopic (exact) mass is 301 g/mol. The Hall–Kier alpha value is -3.27. The van der Waals surface area contributed by atoms with E-state index in [9.17, 15) is 14.9 Å². The Labute approximate surface area is 130 Å². The predicted octanol–water partition coefficient (Wildman–Crippen LogP) is 3.25. The SMILES string of the molecule is O=c1/c(=C\c2ccc([N+](=O)[O-])cc2)c2cccc3cccc1c32. The maximum absolute atomic E-state index is 12.7. The highest BCUT2D eigenvalue weighted by Gasteiger charge is 2.10. The van der Waals surface area contributed by atoms with Crippen molar-refractivity contribution in [1.82, 2.24) is 0 Å². The third-order valence-electron chi connectivity index (χ3n) is 4.10. The molecule has 4 rings (SSSR count). The van der Waals surface area contributed by atoms with Gasteiger partial charge in [-0.3, -0.25) is 14.9 Å². The molecule has 0 saturated heterocycles. The van der Waals surface area contributed by atoms with Crippen LogP contribution in [0.3, 0.4) is 0 Å². The number of nitro groups is 1. The Morgan fingerprint density at radius 1 is 0.870 bits per heavy atom. The molecule has 0 unspecified atom stereocenters. The van der Waals surface area contributed by atoms with E-state index in [4.69, 9.17) is 0 Å². The average molecular weight is 301 g/mol. The van der Waals surface area contributed by atoms with Gasteiger partial charge in [0.25, 0.3) is 5.69 Å². The van der Waals surface area contributed by atoms with Crippen LogP contribution < -0.4 is 10.6 Å². The van der Waals surface area contributed by atoms with Gasteiger partial charge in [0.2, 0.25) is 0 Å². The lowest BCUT2D eigenvalue weighted by atomic mass is 10.1. The highest BCUT2D eigenvalue weighted by Crippen LogP contribution is 2.22. The van der Waals surface area contributed by atoms with Crippen LogP contribution in [0, 0.1) is 10.1 Å². The number of hydrogen-bond donors (Lipinski definition) is 0. The van der Waals surface area contributed by atoms with Crippen LogP contribution in [0.1, 0.15) is 5.56 Å². The minimum absolute atomic E-state index is 0.00449. The zero-order valence-corrected chi connectivity index (χ0v) is 12.0.